The van der Waals surface area contributed by atoms with Crippen molar-refractivity contribution < 1.29 is 9.80 Å². The van der Waals surface area contributed by atoms with Crippen molar-refractivity contribution >= 4 is 11.6 Å². The Bertz CT molecular complexity index is 528. The molecule has 2 N–H and O–H groups in total. The Morgan fingerprint density at radius 1 is 0.727 bits per heavy atom. The van der Waals surface area contributed by atoms with Gasteiger partial charge in [0.25, 0.3) is 0 Å². The van der Waals surface area contributed by atoms with Crippen LogP contribution in [0.25, 0.3) is 0 Å². The number of hydrogen-bond donors (Lipinski definition) is 2. The molecule has 0 amide bonds. The number of hydrogen-bond acceptors (Lipinski definition) is 0. The normalized spacial score (nSPS) is 21.7. The van der Waals surface area contributed by atoms with E-state index in [0.29, 0.717) is 0 Å². The summed E-state index contributed by atoms with van der Waals surface area (Å²) >= 11 is 5.95. The third-order valence-electron chi connectivity index (χ3n) is 4.61. The molecule has 1 aliphatic heterocycles. The number of benzene rings is 2. The van der Waals surface area contributed by atoms with Crippen molar-refractivity contribution in [2.45, 2.75) is 20.0 Å². The number of halogens is 1. The molecule has 1 aliphatic rings. The zero-order valence-electron chi connectivity index (χ0n) is 13.2. The molecule has 1 heterocycles. The molecule has 3 rings (SSSR count). The molecular formula is C19H25ClN2+2. The van der Waals surface area contributed by atoms with Gasteiger partial charge < -0.3 is 9.80 Å². The first-order valence-electron chi connectivity index (χ1n) is 8.16. The van der Waals surface area contributed by atoms with Crippen LogP contribution < -0.4 is 9.80 Å². The first-order chi connectivity index (χ1) is 10.7. The quantitative estimate of drug-likeness (QED) is 0.837. The topological polar surface area (TPSA) is 8.88 Å². The fraction of sp³-hybridized carbons (Fsp3) is 0.368. The highest BCUT2D eigenvalue weighted by atomic mass is 35.5. The molecule has 0 spiro atoms. The van der Waals surface area contributed by atoms with E-state index >= 15 is 0 Å². The smallest absolute Gasteiger partial charge is 0.127 e. The van der Waals surface area contributed by atoms with E-state index in [0.717, 1.165) is 18.1 Å². The highest BCUT2D eigenvalue weighted by Gasteiger charge is 2.22. The van der Waals surface area contributed by atoms with Gasteiger partial charge in [0.15, 0.2) is 0 Å². The third kappa shape index (κ3) is 4.33. The van der Waals surface area contributed by atoms with Crippen molar-refractivity contribution in [2.24, 2.45) is 0 Å². The van der Waals surface area contributed by atoms with Crippen molar-refractivity contribution in [2.75, 3.05) is 26.2 Å². The lowest BCUT2D eigenvalue weighted by molar-refractivity contribution is -1.02. The lowest BCUT2D eigenvalue weighted by Crippen LogP contribution is -3.27. The zero-order chi connectivity index (χ0) is 15.4. The van der Waals surface area contributed by atoms with Gasteiger partial charge in [-0.15, -0.1) is 0 Å². The summed E-state index contributed by atoms with van der Waals surface area (Å²) in [5, 5.41) is 0.825. The van der Waals surface area contributed by atoms with Gasteiger partial charge >= 0.3 is 0 Å². The molecule has 0 atom stereocenters. The molecule has 3 heteroatoms. The standard InChI is InChI=1S/C19H23ClN2/c1-16-2-4-17(5-3-16)14-21-10-12-22(13-11-21)15-18-6-8-19(20)9-7-18/h2-9H,10-15H2,1H3/p+2. The summed E-state index contributed by atoms with van der Waals surface area (Å²) < 4.78 is 0. The fourth-order valence-electron chi connectivity index (χ4n) is 3.20. The minimum absolute atomic E-state index is 0.825. The van der Waals surface area contributed by atoms with Gasteiger partial charge in [0, 0.05) is 16.1 Å². The molecular weight excluding hydrogens is 292 g/mol. The molecule has 1 fully saturated rings. The van der Waals surface area contributed by atoms with Gasteiger partial charge in [0.05, 0.1) is 0 Å². The van der Waals surface area contributed by atoms with Crippen LogP contribution in [0.5, 0.6) is 0 Å². The molecule has 116 valence electrons. The van der Waals surface area contributed by atoms with Crippen LogP contribution in [0.15, 0.2) is 48.5 Å². The number of aryl methyl sites for hydroxylation is 1. The van der Waals surface area contributed by atoms with E-state index < -0.39 is 0 Å². The van der Waals surface area contributed by atoms with Gasteiger partial charge in [-0.3, -0.25) is 0 Å². The monoisotopic (exact) mass is 316 g/mol. The SMILES string of the molecule is Cc1ccc(C[NH+]2CC[NH+](Cc3ccc(Cl)cc3)CC2)cc1. The third-order valence-corrected chi connectivity index (χ3v) is 4.86. The van der Waals surface area contributed by atoms with Crippen molar-refractivity contribution in [1.82, 2.24) is 0 Å². The maximum Gasteiger partial charge on any atom is 0.127 e. The summed E-state index contributed by atoms with van der Waals surface area (Å²) in [5.41, 5.74) is 4.19. The fourth-order valence-corrected chi connectivity index (χ4v) is 3.32. The van der Waals surface area contributed by atoms with Crippen LogP contribution in [0.3, 0.4) is 0 Å². The van der Waals surface area contributed by atoms with E-state index in [9.17, 15) is 0 Å². The zero-order valence-corrected chi connectivity index (χ0v) is 14.0. The van der Waals surface area contributed by atoms with Crippen LogP contribution in [-0.2, 0) is 13.1 Å². The predicted octanol–water partition coefficient (Wildman–Crippen LogP) is 1.13. The van der Waals surface area contributed by atoms with E-state index in [1.165, 1.54) is 42.9 Å². The number of quaternary nitrogens is 2. The van der Waals surface area contributed by atoms with E-state index in [-0.39, 0.29) is 0 Å². The molecule has 0 saturated carbocycles. The van der Waals surface area contributed by atoms with E-state index in [2.05, 4.69) is 43.3 Å². The van der Waals surface area contributed by atoms with E-state index in [1.807, 2.05) is 12.1 Å². The molecule has 0 aliphatic carbocycles. The molecule has 2 aromatic carbocycles. The summed E-state index contributed by atoms with van der Waals surface area (Å²) in [5.74, 6) is 0. The summed E-state index contributed by atoms with van der Waals surface area (Å²) in [4.78, 5) is 3.40. The highest BCUT2D eigenvalue weighted by Crippen LogP contribution is 2.08. The lowest BCUT2D eigenvalue weighted by Gasteiger charge is -2.29. The van der Waals surface area contributed by atoms with Gasteiger partial charge in [-0.25, -0.2) is 0 Å². The van der Waals surface area contributed by atoms with Gasteiger partial charge in [-0.05, 0) is 19.1 Å². The van der Waals surface area contributed by atoms with Gasteiger partial charge in [0.2, 0.25) is 0 Å². The van der Waals surface area contributed by atoms with Gasteiger partial charge in [0.1, 0.15) is 39.3 Å². The molecule has 0 aromatic heterocycles. The lowest BCUT2D eigenvalue weighted by atomic mass is 10.1. The summed E-state index contributed by atoms with van der Waals surface area (Å²) in [6.07, 6.45) is 0. The second-order valence-electron chi connectivity index (χ2n) is 6.47. The van der Waals surface area contributed by atoms with E-state index in [1.54, 1.807) is 9.80 Å². The predicted molar refractivity (Wildman–Crippen MR) is 91.4 cm³/mol. The Hall–Kier alpha value is -1.35. The van der Waals surface area contributed by atoms with Crippen molar-refractivity contribution in [3.63, 3.8) is 0 Å². The van der Waals surface area contributed by atoms with Crippen LogP contribution in [0, 0.1) is 6.92 Å². The maximum atomic E-state index is 5.95. The maximum absolute atomic E-state index is 5.95. The molecule has 2 nitrogen and oxygen atoms in total. The van der Waals surface area contributed by atoms with Crippen molar-refractivity contribution in [1.29, 1.82) is 0 Å². The van der Waals surface area contributed by atoms with Crippen LogP contribution in [-0.4, -0.2) is 26.2 Å². The second kappa shape index (κ2) is 7.28. The Labute approximate surface area is 138 Å². The highest BCUT2D eigenvalue weighted by molar-refractivity contribution is 6.30. The first kappa shape index (κ1) is 15.5. The number of piperazine rings is 1. The molecule has 22 heavy (non-hydrogen) atoms. The molecule has 0 unspecified atom stereocenters. The summed E-state index contributed by atoms with van der Waals surface area (Å²) in [6, 6.07) is 17.3. The van der Waals surface area contributed by atoms with Crippen LogP contribution in [0.4, 0.5) is 0 Å². The van der Waals surface area contributed by atoms with Crippen LogP contribution in [0.2, 0.25) is 5.02 Å². The minimum Gasteiger partial charge on any atom is -0.322 e. The number of nitrogens with one attached hydrogen (secondary N) is 2. The Morgan fingerprint density at radius 3 is 1.59 bits per heavy atom. The Kier molecular flexibility index (Phi) is 5.14. The second-order valence-corrected chi connectivity index (χ2v) is 6.90. The largest absolute Gasteiger partial charge is 0.322 e. The molecule has 2 aromatic rings. The number of rotatable bonds is 4. The van der Waals surface area contributed by atoms with Crippen molar-refractivity contribution in [3.05, 3.63) is 70.2 Å². The average molecular weight is 317 g/mol. The molecule has 1 saturated heterocycles. The van der Waals surface area contributed by atoms with Crippen molar-refractivity contribution in [3.8, 4) is 0 Å². The molecule has 0 radical (unpaired) electrons. The first-order valence-corrected chi connectivity index (χ1v) is 8.54. The summed E-state index contributed by atoms with van der Waals surface area (Å²) in [6.45, 7) is 9.46. The molecule has 0 bridgehead atoms. The summed E-state index contributed by atoms with van der Waals surface area (Å²) in [7, 11) is 0. The average Bonchev–Trinajstić information content (AvgIpc) is 2.54. The van der Waals surface area contributed by atoms with Gasteiger partial charge in [-0.2, -0.15) is 0 Å². The van der Waals surface area contributed by atoms with Crippen LogP contribution in [0.1, 0.15) is 16.7 Å². The van der Waals surface area contributed by atoms with Gasteiger partial charge in [-0.1, -0.05) is 53.6 Å². The minimum atomic E-state index is 0.825. The van der Waals surface area contributed by atoms with Crippen LogP contribution >= 0.6 is 11.6 Å². The van der Waals surface area contributed by atoms with E-state index in [4.69, 9.17) is 11.6 Å². The Balaban J connectivity index is 1.47. The Morgan fingerprint density at radius 2 is 1.14 bits per heavy atom.